The van der Waals surface area contributed by atoms with Gasteiger partial charge in [0, 0.05) is 17.6 Å². The number of nitrogens with two attached hydrogens (primary N) is 1. The fraction of sp³-hybridized carbons (Fsp3) is 0.444. The van der Waals surface area contributed by atoms with Gasteiger partial charge in [-0.2, -0.15) is 9.57 Å². The van der Waals surface area contributed by atoms with E-state index < -0.39 is 16.1 Å². The van der Waals surface area contributed by atoms with Gasteiger partial charge >= 0.3 is 0 Å². The number of nitriles is 1. The Morgan fingerprint density at radius 1 is 1.65 bits per heavy atom. The van der Waals surface area contributed by atoms with Gasteiger partial charge in [0.05, 0.1) is 19.2 Å². The van der Waals surface area contributed by atoms with Crippen molar-refractivity contribution in [3.63, 3.8) is 0 Å². The van der Waals surface area contributed by atoms with Crippen molar-refractivity contribution in [3.8, 4) is 6.07 Å². The molecule has 0 bridgehead atoms. The lowest BCUT2D eigenvalue weighted by molar-refractivity contribution is 0.0312. The Balaban J connectivity index is 2.24. The number of rotatable bonds is 2. The van der Waals surface area contributed by atoms with Gasteiger partial charge in [-0.25, -0.2) is 8.42 Å². The lowest BCUT2D eigenvalue weighted by Gasteiger charge is -2.28. The van der Waals surface area contributed by atoms with E-state index in [1.54, 1.807) is 5.38 Å². The highest BCUT2D eigenvalue weighted by Crippen LogP contribution is 2.26. The number of hydrogen-bond acceptors (Lipinski definition) is 6. The van der Waals surface area contributed by atoms with E-state index in [1.807, 2.05) is 6.07 Å². The third-order valence-corrected chi connectivity index (χ3v) is 5.66. The summed E-state index contributed by atoms with van der Waals surface area (Å²) < 4.78 is 30.9. The Kier molecular flexibility index (Phi) is 3.35. The maximum atomic E-state index is 12.2. The molecule has 0 amide bonds. The molecule has 0 aromatic carbocycles. The first-order valence-electron chi connectivity index (χ1n) is 4.89. The number of ether oxygens (including phenoxy) is 1. The number of nitrogen functional groups attached to an aromatic ring is 1. The molecule has 1 unspecified atom stereocenters. The molecule has 0 spiro atoms. The standard InChI is InChI=1S/C9H11N3O3S2/c10-4-8-5-12(1-2-15-8)17(13,14)9-3-7(11)6-16-9/h3,6,8H,1-2,5,11H2. The summed E-state index contributed by atoms with van der Waals surface area (Å²) in [5.74, 6) is 0. The lowest BCUT2D eigenvalue weighted by atomic mass is 10.3. The number of anilines is 1. The Morgan fingerprint density at radius 2 is 2.41 bits per heavy atom. The second-order valence-electron chi connectivity index (χ2n) is 3.55. The first-order chi connectivity index (χ1) is 8.04. The third kappa shape index (κ3) is 2.42. The molecule has 1 atom stereocenters. The monoisotopic (exact) mass is 273 g/mol. The molecule has 1 saturated heterocycles. The van der Waals surface area contributed by atoms with E-state index in [2.05, 4.69) is 0 Å². The highest BCUT2D eigenvalue weighted by Gasteiger charge is 2.31. The summed E-state index contributed by atoms with van der Waals surface area (Å²) in [7, 11) is -3.54. The zero-order valence-corrected chi connectivity index (χ0v) is 10.5. The van der Waals surface area contributed by atoms with Crippen LogP contribution < -0.4 is 5.73 Å². The van der Waals surface area contributed by atoms with E-state index >= 15 is 0 Å². The smallest absolute Gasteiger partial charge is 0.252 e. The quantitative estimate of drug-likeness (QED) is 0.832. The van der Waals surface area contributed by atoms with Crippen molar-refractivity contribution in [2.24, 2.45) is 0 Å². The Morgan fingerprint density at radius 3 is 3.00 bits per heavy atom. The van der Waals surface area contributed by atoms with Crippen LogP contribution >= 0.6 is 11.3 Å². The minimum absolute atomic E-state index is 0.0661. The molecule has 0 aliphatic carbocycles. The van der Waals surface area contributed by atoms with Gasteiger partial charge in [-0.05, 0) is 6.07 Å². The summed E-state index contributed by atoms with van der Waals surface area (Å²) in [6, 6.07) is 3.34. The summed E-state index contributed by atoms with van der Waals surface area (Å²) in [5.41, 5.74) is 5.94. The van der Waals surface area contributed by atoms with E-state index in [1.165, 1.54) is 10.4 Å². The molecule has 2 heterocycles. The van der Waals surface area contributed by atoms with Crippen LogP contribution in [0, 0.1) is 11.3 Å². The zero-order chi connectivity index (χ0) is 12.5. The van der Waals surface area contributed by atoms with Gasteiger partial charge in [-0.1, -0.05) is 0 Å². The van der Waals surface area contributed by atoms with Crippen molar-refractivity contribution in [1.82, 2.24) is 4.31 Å². The van der Waals surface area contributed by atoms with Crippen LogP contribution in [0.5, 0.6) is 0 Å². The molecule has 92 valence electrons. The maximum absolute atomic E-state index is 12.2. The van der Waals surface area contributed by atoms with Crippen molar-refractivity contribution >= 4 is 27.0 Å². The fourth-order valence-electron chi connectivity index (χ4n) is 1.51. The van der Waals surface area contributed by atoms with Crippen LogP contribution in [0.4, 0.5) is 5.69 Å². The maximum Gasteiger partial charge on any atom is 0.252 e. The fourth-order valence-corrected chi connectivity index (χ4v) is 4.17. The molecule has 1 aromatic heterocycles. The highest BCUT2D eigenvalue weighted by atomic mass is 32.2. The van der Waals surface area contributed by atoms with Gasteiger partial charge < -0.3 is 10.5 Å². The van der Waals surface area contributed by atoms with Gasteiger partial charge in [0.15, 0.2) is 6.10 Å². The molecule has 6 nitrogen and oxygen atoms in total. The molecule has 2 rings (SSSR count). The normalized spacial score (nSPS) is 22.2. The summed E-state index contributed by atoms with van der Waals surface area (Å²) in [6.07, 6.45) is -0.698. The van der Waals surface area contributed by atoms with E-state index in [-0.39, 0.29) is 23.9 Å². The number of morpholine rings is 1. The lowest BCUT2D eigenvalue weighted by Crippen LogP contribution is -2.44. The molecule has 8 heteroatoms. The van der Waals surface area contributed by atoms with E-state index in [4.69, 9.17) is 15.7 Å². The SMILES string of the molecule is N#CC1CN(S(=O)(=O)c2cc(N)cs2)CCO1. The predicted molar refractivity (Wildman–Crippen MR) is 62.8 cm³/mol. The van der Waals surface area contributed by atoms with Crippen LogP contribution in [0.15, 0.2) is 15.7 Å². The number of hydrogen-bond donors (Lipinski definition) is 1. The van der Waals surface area contributed by atoms with Crippen molar-refractivity contribution in [2.75, 3.05) is 25.4 Å². The highest BCUT2D eigenvalue weighted by molar-refractivity contribution is 7.91. The molecular weight excluding hydrogens is 262 g/mol. The summed E-state index contributed by atoms with van der Waals surface area (Å²) >= 11 is 1.08. The molecule has 0 saturated carbocycles. The van der Waals surface area contributed by atoms with Gasteiger partial charge in [0.25, 0.3) is 10.0 Å². The number of thiophene rings is 1. The summed E-state index contributed by atoms with van der Waals surface area (Å²) in [4.78, 5) is 0. The van der Waals surface area contributed by atoms with Gasteiger partial charge in [0.1, 0.15) is 4.21 Å². The molecule has 1 fully saturated rings. The van der Waals surface area contributed by atoms with E-state index in [9.17, 15) is 8.42 Å². The first-order valence-corrected chi connectivity index (χ1v) is 7.21. The van der Waals surface area contributed by atoms with Crippen LogP contribution in [0.25, 0.3) is 0 Å². The molecule has 17 heavy (non-hydrogen) atoms. The Bertz CT molecular complexity index is 546. The van der Waals surface area contributed by atoms with Gasteiger partial charge in [0.2, 0.25) is 0 Å². The third-order valence-electron chi connectivity index (χ3n) is 2.36. The second kappa shape index (κ2) is 4.62. The average Bonchev–Trinajstić information content (AvgIpc) is 2.76. The van der Waals surface area contributed by atoms with Crippen LogP contribution in [0.2, 0.25) is 0 Å². The number of nitrogens with zero attached hydrogens (tertiary/aromatic N) is 2. The minimum atomic E-state index is -3.54. The van der Waals surface area contributed by atoms with Crippen LogP contribution in [0.3, 0.4) is 0 Å². The summed E-state index contributed by atoms with van der Waals surface area (Å²) in [6.45, 7) is 0.563. The second-order valence-corrected chi connectivity index (χ2v) is 6.63. The van der Waals surface area contributed by atoms with Crippen molar-refractivity contribution in [2.45, 2.75) is 10.3 Å². The minimum Gasteiger partial charge on any atom is -0.398 e. The molecule has 1 aliphatic rings. The molecule has 0 radical (unpaired) electrons. The Hall–Kier alpha value is -1.14. The van der Waals surface area contributed by atoms with Crippen LogP contribution in [0.1, 0.15) is 0 Å². The Labute approximate surface area is 103 Å². The van der Waals surface area contributed by atoms with Crippen molar-refractivity contribution in [1.29, 1.82) is 5.26 Å². The molecular formula is C9H11N3O3S2. The van der Waals surface area contributed by atoms with E-state index in [0.717, 1.165) is 11.3 Å². The zero-order valence-electron chi connectivity index (χ0n) is 8.87. The van der Waals surface area contributed by atoms with Crippen molar-refractivity contribution in [3.05, 3.63) is 11.4 Å². The van der Waals surface area contributed by atoms with Gasteiger partial charge in [-0.3, -0.25) is 0 Å². The molecule has 1 aliphatic heterocycles. The van der Waals surface area contributed by atoms with Crippen LogP contribution in [-0.2, 0) is 14.8 Å². The van der Waals surface area contributed by atoms with Crippen molar-refractivity contribution < 1.29 is 13.2 Å². The molecule has 1 aromatic rings. The first kappa shape index (κ1) is 12.3. The number of sulfonamides is 1. The van der Waals surface area contributed by atoms with Gasteiger partial charge in [-0.15, -0.1) is 11.3 Å². The largest absolute Gasteiger partial charge is 0.398 e. The predicted octanol–water partition coefficient (Wildman–Crippen LogP) is 0.243. The average molecular weight is 273 g/mol. The summed E-state index contributed by atoms with van der Waals surface area (Å²) in [5, 5.41) is 10.3. The van der Waals surface area contributed by atoms with E-state index in [0.29, 0.717) is 5.69 Å². The van der Waals surface area contributed by atoms with Crippen LogP contribution in [-0.4, -0.2) is 38.5 Å². The topological polar surface area (TPSA) is 96.4 Å². The molecule has 2 N–H and O–H groups in total.